The van der Waals surface area contributed by atoms with Crippen LogP contribution in [-0.4, -0.2) is 68.0 Å². The van der Waals surface area contributed by atoms with Crippen LogP contribution in [-0.2, 0) is 19.0 Å². The summed E-state index contributed by atoms with van der Waals surface area (Å²) in [5.74, 6) is -2.55. The topological polar surface area (TPSA) is 128 Å². The minimum atomic E-state index is -0.811. The number of imide groups is 1. The number of nitrogens with zero attached hydrogens (tertiary/aromatic N) is 1. The zero-order valence-electron chi connectivity index (χ0n) is 20.4. The Bertz CT molecular complexity index is 1160. The minimum absolute atomic E-state index is 0.0469. The smallest absolute Gasteiger partial charge is 0.338 e. The lowest BCUT2D eigenvalue weighted by Gasteiger charge is -2.12. The van der Waals surface area contributed by atoms with Crippen LogP contribution in [0.2, 0.25) is 0 Å². The fourth-order valence-electron chi connectivity index (χ4n) is 3.41. The second-order valence-electron chi connectivity index (χ2n) is 8.56. The molecule has 0 aliphatic carbocycles. The molecule has 10 heteroatoms. The number of rotatable bonds is 11. The Kier molecular flexibility index (Phi) is 8.91. The van der Waals surface area contributed by atoms with Crippen LogP contribution < -0.4 is 5.32 Å². The summed E-state index contributed by atoms with van der Waals surface area (Å²) >= 11 is 0. The van der Waals surface area contributed by atoms with Crippen molar-refractivity contribution < 1.29 is 38.2 Å². The monoisotopic (exact) mass is 496 g/mol. The summed E-state index contributed by atoms with van der Waals surface area (Å²) in [6.45, 7) is 4.22. The maximum absolute atomic E-state index is 12.6. The van der Waals surface area contributed by atoms with Crippen LogP contribution in [0.1, 0.15) is 61.7 Å². The molecule has 1 N–H and O–H groups in total. The number of ether oxygens (including phenoxy) is 3. The highest BCUT2D eigenvalue weighted by atomic mass is 16.5. The Morgan fingerprint density at radius 3 is 2.19 bits per heavy atom. The maximum atomic E-state index is 12.6. The van der Waals surface area contributed by atoms with Crippen LogP contribution in [0.4, 0.5) is 5.69 Å². The van der Waals surface area contributed by atoms with Crippen molar-refractivity contribution in [3.8, 4) is 0 Å². The number of methoxy groups -OCH3 is 1. The van der Waals surface area contributed by atoms with Gasteiger partial charge in [0.25, 0.3) is 17.7 Å². The number of amides is 3. The normalized spacial score (nSPS) is 12.5. The number of nitrogens with one attached hydrogen (secondary N) is 1. The van der Waals surface area contributed by atoms with E-state index in [9.17, 15) is 24.0 Å². The van der Waals surface area contributed by atoms with E-state index in [1.165, 1.54) is 49.6 Å². The van der Waals surface area contributed by atoms with E-state index in [-0.39, 0.29) is 29.2 Å². The third-order valence-corrected chi connectivity index (χ3v) is 5.22. The van der Waals surface area contributed by atoms with Gasteiger partial charge in [0.15, 0.2) is 6.61 Å². The molecule has 0 saturated heterocycles. The maximum Gasteiger partial charge on any atom is 0.338 e. The largest absolute Gasteiger partial charge is 0.462 e. The number of esters is 2. The predicted octanol–water partition coefficient (Wildman–Crippen LogP) is 2.93. The molecule has 0 atom stereocenters. The van der Waals surface area contributed by atoms with Gasteiger partial charge in [-0.3, -0.25) is 19.3 Å². The van der Waals surface area contributed by atoms with Gasteiger partial charge in [0.05, 0.1) is 28.9 Å². The molecule has 1 heterocycles. The van der Waals surface area contributed by atoms with Gasteiger partial charge in [-0.15, -0.1) is 0 Å². The molecule has 2 aromatic carbocycles. The summed E-state index contributed by atoms with van der Waals surface area (Å²) in [6, 6.07) is 10.2. The van der Waals surface area contributed by atoms with Crippen molar-refractivity contribution >= 4 is 35.3 Å². The molecule has 1 aliphatic rings. The van der Waals surface area contributed by atoms with E-state index in [1.54, 1.807) is 0 Å². The summed E-state index contributed by atoms with van der Waals surface area (Å²) in [6.07, 6.45) is 0.497. The van der Waals surface area contributed by atoms with Gasteiger partial charge in [-0.05, 0) is 54.8 Å². The molecular formula is C26H28N2O8. The summed E-state index contributed by atoms with van der Waals surface area (Å²) < 4.78 is 15.2. The van der Waals surface area contributed by atoms with Gasteiger partial charge in [-0.25, -0.2) is 9.59 Å². The van der Waals surface area contributed by atoms with Crippen molar-refractivity contribution in [3.05, 3.63) is 64.7 Å². The highest BCUT2D eigenvalue weighted by Crippen LogP contribution is 2.24. The molecule has 3 amide bonds. The van der Waals surface area contributed by atoms with Crippen molar-refractivity contribution in [2.24, 2.45) is 5.92 Å². The van der Waals surface area contributed by atoms with E-state index in [4.69, 9.17) is 14.2 Å². The van der Waals surface area contributed by atoms with Crippen molar-refractivity contribution in [3.63, 3.8) is 0 Å². The molecule has 2 aromatic rings. The summed E-state index contributed by atoms with van der Waals surface area (Å²) in [5.41, 5.74) is 1.13. The van der Waals surface area contributed by atoms with Crippen LogP contribution in [0.25, 0.3) is 0 Å². The zero-order valence-corrected chi connectivity index (χ0v) is 20.4. The van der Waals surface area contributed by atoms with E-state index >= 15 is 0 Å². The molecule has 0 radical (unpaired) electrons. The molecule has 36 heavy (non-hydrogen) atoms. The Labute approximate surface area is 208 Å². The molecule has 0 unspecified atom stereocenters. The van der Waals surface area contributed by atoms with E-state index < -0.39 is 36.3 Å². The van der Waals surface area contributed by atoms with Gasteiger partial charge in [0, 0.05) is 25.9 Å². The number of hydrogen-bond donors (Lipinski definition) is 1. The third-order valence-electron chi connectivity index (χ3n) is 5.22. The number of fused-ring (bicyclic) bond motifs is 1. The van der Waals surface area contributed by atoms with Crippen molar-refractivity contribution in [1.29, 1.82) is 0 Å². The molecule has 0 aromatic heterocycles. The first-order chi connectivity index (χ1) is 17.2. The first kappa shape index (κ1) is 26.6. The fraction of sp³-hybridized carbons (Fsp3) is 0.346. The molecule has 1 aliphatic heterocycles. The molecule has 190 valence electrons. The number of carbonyl (C=O) groups excluding carboxylic acids is 5. The van der Waals surface area contributed by atoms with Gasteiger partial charge in [0.1, 0.15) is 0 Å². The van der Waals surface area contributed by atoms with E-state index in [0.29, 0.717) is 30.9 Å². The second-order valence-corrected chi connectivity index (χ2v) is 8.56. The summed E-state index contributed by atoms with van der Waals surface area (Å²) in [5, 5.41) is 2.57. The standard InChI is InChI=1S/C26H28N2O8/c1-16(2)14-35-25(32)17-5-8-19(9-6-17)27-22(29)15-36-26(33)18-7-10-20-21(13-18)24(31)28(23(20)30)11-4-12-34-3/h5-10,13,16H,4,11-12,14-15H2,1-3H3,(H,27,29). The number of anilines is 1. The van der Waals surface area contributed by atoms with Gasteiger partial charge in [0.2, 0.25) is 0 Å². The summed E-state index contributed by atoms with van der Waals surface area (Å²) in [7, 11) is 1.53. The van der Waals surface area contributed by atoms with Crippen LogP contribution >= 0.6 is 0 Å². The highest BCUT2D eigenvalue weighted by molar-refractivity contribution is 6.22. The number of carbonyl (C=O) groups is 5. The molecule has 0 saturated carbocycles. The van der Waals surface area contributed by atoms with Crippen molar-refractivity contribution in [2.45, 2.75) is 20.3 Å². The lowest BCUT2D eigenvalue weighted by molar-refractivity contribution is -0.119. The van der Waals surface area contributed by atoms with Gasteiger partial charge >= 0.3 is 11.9 Å². The first-order valence-corrected chi connectivity index (χ1v) is 11.4. The predicted molar refractivity (Wildman–Crippen MR) is 129 cm³/mol. The second kappa shape index (κ2) is 12.1. The van der Waals surface area contributed by atoms with E-state index in [2.05, 4.69) is 5.32 Å². The molecule has 0 bridgehead atoms. The van der Waals surface area contributed by atoms with E-state index in [0.717, 1.165) is 4.90 Å². The number of benzene rings is 2. The van der Waals surface area contributed by atoms with Gasteiger partial charge < -0.3 is 19.5 Å². The summed E-state index contributed by atoms with van der Waals surface area (Å²) in [4.78, 5) is 62.8. The molecule has 0 spiro atoms. The zero-order chi connectivity index (χ0) is 26.2. The van der Waals surface area contributed by atoms with Crippen LogP contribution in [0.3, 0.4) is 0 Å². The average molecular weight is 497 g/mol. The van der Waals surface area contributed by atoms with Crippen LogP contribution in [0.15, 0.2) is 42.5 Å². The number of hydrogen-bond acceptors (Lipinski definition) is 8. The Hall–Kier alpha value is -4.05. The van der Waals surface area contributed by atoms with Gasteiger partial charge in [-0.1, -0.05) is 13.8 Å². The van der Waals surface area contributed by atoms with E-state index in [1.807, 2.05) is 13.8 Å². The van der Waals surface area contributed by atoms with Crippen LogP contribution in [0, 0.1) is 5.92 Å². The minimum Gasteiger partial charge on any atom is -0.462 e. The lowest BCUT2D eigenvalue weighted by atomic mass is 10.1. The highest BCUT2D eigenvalue weighted by Gasteiger charge is 2.35. The fourth-order valence-corrected chi connectivity index (χ4v) is 3.41. The van der Waals surface area contributed by atoms with Crippen molar-refractivity contribution in [1.82, 2.24) is 4.90 Å². The Balaban J connectivity index is 1.53. The third kappa shape index (κ3) is 6.54. The average Bonchev–Trinajstić information content (AvgIpc) is 3.10. The van der Waals surface area contributed by atoms with Gasteiger partial charge in [-0.2, -0.15) is 0 Å². The Morgan fingerprint density at radius 2 is 1.53 bits per heavy atom. The quantitative estimate of drug-likeness (QED) is 0.286. The molecule has 10 nitrogen and oxygen atoms in total. The lowest BCUT2D eigenvalue weighted by Crippen LogP contribution is -2.31. The Morgan fingerprint density at radius 1 is 0.889 bits per heavy atom. The first-order valence-electron chi connectivity index (χ1n) is 11.4. The molecule has 3 rings (SSSR count). The molecular weight excluding hydrogens is 468 g/mol. The SMILES string of the molecule is COCCCN1C(=O)c2ccc(C(=O)OCC(=O)Nc3ccc(C(=O)OCC(C)C)cc3)cc2C1=O. The van der Waals surface area contributed by atoms with Crippen LogP contribution in [0.5, 0.6) is 0 Å². The molecule has 0 fully saturated rings. The van der Waals surface area contributed by atoms with Crippen molar-refractivity contribution in [2.75, 3.05) is 38.8 Å².